The molecule has 100 valence electrons. The van der Waals surface area contributed by atoms with Gasteiger partial charge in [-0.3, -0.25) is 0 Å². The van der Waals surface area contributed by atoms with Crippen molar-refractivity contribution in [3.8, 4) is 0 Å². The first-order valence-corrected chi connectivity index (χ1v) is 7.75. The molecule has 0 amide bonds. The molecule has 0 spiro atoms. The molecule has 1 aliphatic rings. The summed E-state index contributed by atoms with van der Waals surface area (Å²) in [7, 11) is 0. The van der Waals surface area contributed by atoms with Crippen LogP contribution in [0.1, 0.15) is 84.0 Å². The molecule has 0 heterocycles. The molecule has 1 rings (SSSR count). The first kappa shape index (κ1) is 14.6. The summed E-state index contributed by atoms with van der Waals surface area (Å²) in [5.41, 5.74) is 0. The molecule has 0 aromatic rings. The highest BCUT2D eigenvalue weighted by molar-refractivity contribution is 4.93. The summed E-state index contributed by atoms with van der Waals surface area (Å²) < 4.78 is 5.70. The molecule has 0 saturated heterocycles. The van der Waals surface area contributed by atoms with Crippen molar-refractivity contribution in [3.63, 3.8) is 0 Å². The summed E-state index contributed by atoms with van der Waals surface area (Å²) in [5.74, 6) is 1.25. The van der Waals surface area contributed by atoms with E-state index < -0.39 is 0 Å². The lowest BCUT2D eigenvalue weighted by Gasteiger charge is -2.10. The van der Waals surface area contributed by atoms with Gasteiger partial charge in [0.2, 0.25) is 0 Å². The van der Waals surface area contributed by atoms with Crippen LogP contribution in [0.25, 0.3) is 0 Å². The Morgan fingerprint density at radius 2 is 1.35 bits per heavy atom. The summed E-state index contributed by atoms with van der Waals surface area (Å²) in [5, 5.41) is 0. The number of hydrogen-bond donors (Lipinski definition) is 0. The van der Waals surface area contributed by atoms with E-state index in [1.807, 2.05) is 0 Å². The van der Waals surface area contributed by atoms with Crippen molar-refractivity contribution in [3.05, 3.63) is 11.8 Å². The highest BCUT2D eigenvalue weighted by Crippen LogP contribution is 2.17. The van der Waals surface area contributed by atoms with Crippen LogP contribution in [-0.2, 0) is 4.74 Å². The fraction of sp³-hybridized carbons (Fsp3) is 0.875. The van der Waals surface area contributed by atoms with Crippen molar-refractivity contribution in [1.29, 1.82) is 0 Å². The molecule has 0 atom stereocenters. The Bertz CT molecular complexity index is 196. The van der Waals surface area contributed by atoms with E-state index in [4.69, 9.17) is 4.74 Å². The maximum atomic E-state index is 5.70. The van der Waals surface area contributed by atoms with Gasteiger partial charge in [-0.15, -0.1) is 0 Å². The van der Waals surface area contributed by atoms with Crippen LogP contribution in [0.5, 0.6) is 0 Å². The highest BCUT2D eigenvalue weighted by Gasteiger charge is 2.00. The molecule has 0 aromatic heterocycles. The lowest BCUT2D eigenvalue weighted by Crippen LogP contribution is -1.93. The van der Waals surface area contributed by atoms with E-state index >= 15 is 0 Å². The highest BCUT2D eigenvalue weighted by atomic mass is 16.5. The van der Waals surface area contributed by atoms with Crippen LogP contribution in [0.3, 0.4) is 0 Å². The van der Waals surface area contributed by atoms with E-state index in [0.29, 0.717) is 0 Å². The molecule has 1 aliphatic carbocycles. The lowest BCUT2D eigenvalue weighted by molar-refractivity contribution is 0.214. The molecule has 0 unspecified atom stereocenters. The van der Waals surface area contributed by atoms with Crippen LogP contribution in [0, 0.1) is 0 Å². The van der Waals surface area contributed by atoms with E-state index in [9.17, 15) is 0 Å². The van der Waals surface area contributed by atoms with Gasteiger partial charge in [-0.05, 0) is 32.3 Å². The molecule has 17 heavy (non-hydrogen) atoms. The Labute approximate surface area is 108 Å². The van der Waals surface area contributed by atoms with Crippen molar-refractivity contribution in [2.45, 2.75) is 84.0 Å². The zero-order chi connectivity index (χ0) is 12.2. The molecule has 0 bridgehead atoms. The number of hydrogen-bond acceptors (Lipinski definition) is 1. The predicted octanol–water partition coefficient (Wildman–Crippen LogP) is 5.60. The topological polar surface area (TPSA) is 9.23 Å². The van der Waals surface area contributed by atoms with Gasteiger partial charge in [-0.1, -0.05) is 51.4 Å². The Kier molecular flexibility index (Phi) is 9.17. The third kappa shape index (κ3) is 8.29. The van der Waals surface area contributed by atoms with Crippen LogP contribution in [0.15, 0.2) is 11.8 Å². The van der Waals surface area contributed by atoms with E-state index in [0.717, 1.165) is 13.0 Å². The largest absolute Gasteiger partial charge is 0.499 e. The summed E-state index contributed by atoms with van der Waals surface area (Å²) in [6, 6.07) is 0. The second-order valence-electron chi connectivity index (χ2n) is 5.18. The number of allylic oxidation sites excluding steroid dienone is 2. The van der Waals surface area contributed by atoms with E-state index in [2.05, 4.69) is 13.0 Å². The fourth-order valence-electron chi connectivity index (χ4n) is 2.54. The maximum Gasteiger partial charge on any atom is 0.0919 e. The minimum Gasteiger partial charge on any atom is -0.499 e. The third-order valence-corrected chi connectivity index (χ3v) is 3.58. The smallest absolute Gasteiger partial charge is 0.0919 e. The summed E-state index contributed by atoms with van der Waals surface area (Å²) >= 11 is 0. The molecular weight excluding hydrogens is 208 g/mol. The molecule has 0 aromatic carbocycles. The van der Waals surface area contributed by atoms with E-state index in [1.165, 1.54) is 76.4 Å². The molecule has 1 nitrogen and oxygen atoms in total. The first-order valence-electron chi connectivity index (χ1n) is 7.75. The first-order chi connectivity index (χ1) is 8.43. The van der Waals surface area contributed by atoms with Crippen molar-refractivity contribution in [1.82, 2.24) is 0 Å². The van der Waals surface area contributed by atoms with Crippen molar-refractivity contribution < 1.29 is 4.74 Å². The van der Waals surface area contributed by atoms with Crippen LogP contribution >= 0.6 is 0 Å². The standard InChI is InChI=1S/C16H30O/c1-2-17-16-14-12-10-8-6-4-3-5-7-9-11-13-15-16/h14H,2-13,15H2,1H3/b16-14+. The van der Waals surface area contributed by atoms with Gasteiger partial charge >= 0.3 is 0 Å². The average molecular weight is 238 g/mol. The second-order valence-corrected chi connectivity index (χ2v) is 5.18. The molecule has 1 heteroatoms. The Hall–Kier alpha value is -0.460. The van der Waals surface area contributed by atoms with Crippen LogP contribution < -0.4 is 0 Å². The van der Waals surface area contributed by atoms with Gasteiger partial charge in [0.25, 0.3) is 0 Å². The Morgan fingerprint density at radius 1 is 0.824 bits per heavy atom. The Morgan fingerprint density at radius 3 is 1.94 bits per heavy atom. The van der Waals surface area contributed by atoms with Gasteiger partial charge in [0.05, 0.1) is 12.4 Å². The number of ether oxygens (including phenoxy) is 1. The molecular formula is C16H30O. The van der Waals surface area contributed by atoms with Crippen molar-refractivity contribution in [2.75, 3.05) is 6.61 Å². The summed E-state index contributed by atoms with van der Waals surface area (Å²) in [6.07, 6.45) is 18.8. The van der Waals surface area contributed by atoms with Gasteiger partial charge in [-0.25, -0.2) is 0 Å². The molecule has 0 N–H and O–H groups in total. The van der Waals surface area contributed by atoms with Crippen LogP contribution in [0.4, 0.5) is 0 Å². The zero-order valence-corrected chi connectivity index (χ0v) is 11.7. The van der Waals surface area contributed by atoms with Gasteiger partial charge in [0.15, 0.2) is 0 Å². The monoisotopic (exact) mass is 238 g/mol. The summed E-state index contributed by atoms with van der Waals surface area (Å²) in [4.78, 5) is 0. The normalized spacial score (nSPS) is 24.4. The van der Waals surface area contributed by atoms with Gasteiger partial charge < -0.3 is 4.74 Å². The van der Waals surface area contributed by atoms with Crippen LogP contribution in [0.2, 0.25) is 0 Å². The van der Waals surface area contributed by atoms with E-state index in [1.54, 1.807) is 0 Å². The zero-order valence-electron chi connectivity index (χ0n) is 11.7. The van der Waals surface area contributed by atoms with E-state index in [-0.39, 0.29) is 0 Å². The minimum absolute atomic E-state index is 0.825. The molecule has 0 aliphatic heterocycles. The van der Waals surface area contributed by atoms with Gasteiger partial charge in [0.1, 0.15) is 0 Å². The Balaban J connectivity index is 2.30. The minimum atomic E-state index is 0.825. The van der Waals surface area contributed by atoms with Crippen molar-refractivity contribution in [2.24, 2.45) is 0 Å². The fourth-order valence-corrected chi connectivity index (χ4v) is 2.54. The van der Waals surface area contributed by atoms with Crippen LogP contribution in [-0.4, -0.2) is 6.61 Å². The number of rotatable bonds is 2. The SMILES string of the molecule is CCO/C1=C/CCCCCCCCCCCC1. The second kappa shape index (κ2) is 10.7. The molecule has 0 radical (unpaired) electrons. The van der Waals surface area contributed by atoms with Gasteiger partial charge in [-0.2, -0.15) is 0 Å². The molecule has 0 saturated carbocycles. The molecule has 0 fully saturated rings. The summed E-state index contributed by atoms with van der Waals surface area (Å²) in [6.45, 7) is 2.91. The predicted molar refractivity (Wildman–Crippen MR) is 75.1 cm³/mol. The quantitative estimate of drug-likeness (QED) is 0.608. The van der Waals surface area contributed by atoms with Crippen molar-refractivity contribution >= 4 is 0 Å². The third-order valence-electron chi connectivity index (χ3n) is 3.58. The maximum absolute atomic E-state index is 5.70. The lowest BCUT2D eigenvalue weighted by atomic mass is 10.0. The average Bonchev–Trinajstić information content (AvgIpc) is 2.34. The van der Waals surface area contributed by atoms with Gasteiger partial charge in [0, 0.05) is 6.42 Å².